The molecule has 0 aromatic carbocycles. The Labute approximate surface area is 125 Å². The summed E-state index contributed by atoms with van der Waals surface area (Å²) >= 11 is 0. The molecule has 21 heavy (non-hydrogen) atoms. The zero-order valence-corrected chi connectivity index (χ0v) is 13.0. The number of rotatable bonds is 8. The van der Waals surface area contributed by atoms with E-state index in [0.717, 1.165) is 38.9 Å². The van der Waals surface area contributed by atoms with Crippen LogP contribution in [-0.2, 0) is 9.47 Å². The lowest BCUT2D eigenvalue weighted by Gasteiger charge is -2.30. The van der Waals surface area contributed by atoms with Gasteiger partial charge in [-0.05, 0) is 25.8 Å². The lowest BCUT2D eigenvalue weighted by Crippen LogP contribution is -2.39. The van der Waals surface area contributed by atoms with E-state index >= 15 is 0 Å². The molecule has 1 saturated heterocycles. The molecule has 1 aliphatic heterocycles. The van der Waals surface area contributed by atoms with Gasteiger partial charge in [0.25, 0.3) is 0 Å². The Morgan fingerprint density at radius 1 is 1.52 bits per heavy atom. The van der Waals surface area contributed by atoms with Crippen LogP contribution in [0.5, 0.6) is 0 Å². The first kappa shape index (κ1) is 16.4. The minimum absolute atomic E-state index is 0.117. The average molecular weight is 298 g/mol. The molecule has 2 unspecified atom stereocenters. The van der Waals surface area contributed by atoms with Crippen molar-refractivity contribution < 1.29 is 14.0 Å². The predicted molar refractivity (Wildman–Crippen MR) is 77.8 cm³/mol. The smallest absolute Gasteiger partial charge is 0.243 e. The Morgan fingerprint density at radius 2 is 2.38 bits per heavy atom. The van der Waals surface area contributed by atoms with Crippen molar-refractivity contribution in [3.8, 4) is 0 Å². The van der Waals surface area contributed by atoms with E-state index < -0.39 is 0 Å². The Kier molecular flexibility index (Phi) is 6.56. The minimum Gasteiger partial charge on any atom is -0.385 e. The Morgan fingerprint density at radius 3 is 3.14 bits per heavy atom. The lowest BCUT2D eigenvalue weighted by atomic mass is 10.2. The van der Waals surface area contributed by atoms with Crippen LogP contribution in [0.3, 0.4) is 0 Å². The maximum Gasteiger partial charge on any atom is 0.243 e. The molecule has 2 N–H and O–H groups in total. The van der Waals surface area contributed by atoms with Crippen molar-refractivity contribution in [3.05, 3.63) is 11.7 Å². The highest BCUT2D eigenvalue weighted by molar-refractivity contribution is 4.97. The van der Waals surface area contributed by atoms with Crippen LogP contribution in [0.25, 0.3) is 0 Å². The molecule has 0 radical (unpaired) electrons. The fraction of sp³-hybridized carbons (Fsp3) is 0.857. The van der Waals surface area contributed by atoms with Crippen LogP contribution >= 0.6 is 0 Å². The van der Waals surface area contributed by atoms with Crippen LogP contribution in [0.1, 0.15) is 50.0 Å². The molecule has 2 heterocycles. The van der Waals surface area contributed by atoms with Crippen molar-refractivity contribution in [2.75, 3.05) is 40.0 Å². The highest BCUT2D eigenvalue weighted by Crippen LogP contribution is 2.22. The first-order valence-corrected chi connectivity index (χ1v) is 7.66. The monoisotopic (exact) mass is 298 g/mol. The summed E-state index contributed by atoms with van der Waals surface area (Å²) in [6, 6.07) is -0.239. The van der Waals surface area contributed by atoms with E-state index in [-0.39, 0.29) is 12.1 Å². The highest BCUT2D eigenvalue weighted by atomic mass is 16.5. The second-order valence-corrected chi connectivity index (χ2v) is 5.39. The number of nitrogens with two attached hydrogens (primary N) is 1. The van der Waals surface area contributed by atoms with E-state index in [2.05, 4.69) is 22.0 Å². The molecule has 120 valence electrons. The molecule has 0 bridgehead atoms. The summed E-state index contributed by atoms with van der Waals surface area (Å²) in [6.07, 6.45) is 2.66. The van der Waals surface area contributed by atoms with E-state index in [4.69, 9.17) is 19.7 Å². The average Bonchev–Trinajstić information content (AvgIpc) is 2.98. The Bertz CT molecular complexity index is 411. The number of methoxy groups -OCH3 is 1. The molecule has 1 aliphatic rings. The standard InChI is InChI=1S/C14H26N4O3/c1-3-6-18-7-9-20-12(10-18)13-16-14(21-17-13)11(15)5-4-8-19-2/h11-12H,3-10,15H2,1-2H3. The first-order chi connectivity index (χ1) is 10.2. The molecule has 0 saturated carbocycles. The molecule has 0 amide bonds. The topological polar surface area (TPSA) is 86.6 Å². The molecule has 1 aromatic rings. The SMILES string of the molecule is CCCN1CCOC(c2noc(C(N)CCCOC)n2)C1. The van der Waals surface area contributed by atoms with Gasteiger partial charge in [-0.1, -0.05) is 12.1 Å². The first-order valence-electron chi connectivity index (χ1n) is 7.66. The molecule has 2 rings (SSSR count). The van der Waals surface area contributed by atoms with Crippen LogP contribution in [0.15, 0.2) is 4.52 Å². The zero-order valence-electron chi connectivity index (χ0n) is 13.0. The normalized spacial score (nSPS) is 21.6. The van der Waals surface area contributed by atoms with E-state index in [1.807, 2.05) is 0 Å². The third kappa shape index (κ3) is 4.74. The quantitative estimate of drug-likeness (QED) is 0.723. The number of aromatic nitrogens is 2. The molecule has 1 fully saturated rings. The van der Waals surface area contributed by atoms with Crippen LogP contribution in [0.4, 0.5) is 0 Å². The molecular formula is C14H26N4O3. The zero-order chi connectivity index (χ0) is 15.1. The number of hydrogen-bond donors (Lipinski definition) is 1. The molecule has 7 heteroatoms. The van der Waals surface area contributed by atoms with E-state index in [0.29, 0.717) is 24.9 Å². The fourth-order valence-electron chi connectivity index (χ4n) is 2.48. The van der Waals surface area contributed by atoms with Crippen molar-refractivity contribution in [2.24, 2.45) is 5.73 Å². The molecule has 7 nitrogen and oxygen atoms in total. The van der Waals surface area contributed by atoms with Gasteiger partial charge in [0, 0.05) is 26.8 Å². The number of morpholine rings is 1. The van der Waals surface area contributed by atoms with Crippen molar-refractivity contribution >= 4 is 0 Å². The van der Waals surface area contributed by atoms with Crippen molar-refractivity contribution in [3.63, 3.8) is 0 Å². The lowest BCUT2D eigenvalue weighted by molar-refractivity contribution is -0.0350. The van der Waals surface area contributed by atoms with Crippen molar-refractivity contribution in [1.82, 2.24) is 15.0 Å². The van der Waals surface area contributed by atoms with Gasteiger partial charge in [-0.25, -0.2) is 0 Å². The van der Waals surface area contributed by atoms with Gasteiger partial charge in [-0.15, -0.1) is 0 Å². The summed E-state index contributed by atoms with van der Waals surface area (Å²) in [5.74, 6) is 1.09. The number of hydrogen-bond acceptors (Lipinski definition) is 7. The van der Waals surface area contributed by atoms with E-state index in [9.17, 15) is 0 Å². The maximum atomic E-state index is 6.05. The van der Waals surface area contributed by atoms with Crippen molar-refractivity contribution in [2.45, 2.75) is 38.3 Å². The summed E-state index contributed by atoms with van der Waals surface area (Å²) in [6.45, 7) is 6.41. The number of nitrogens with zero attached hydrogens (tertiary/aromatic N) is 3. The van der Waals surface area contributed by atoms with Gasteiger partial charge in [-0.3, -0.25) is 4.90 Å². The summed E-state index contributed by atoms with van der Waals surface area (Å²) in [5.41, 5.74) is 6.05. The van der Waals surface area contributed by atoms with E-state index in [1.54, 1.807) is 7.11 Å². The van der Waals surface area contributed by atoms with Gasteiger partial charge in [0.05, 0.1) is 12.6 Å². The van der Waals surface area contributed by atoms with Crippen LogP contribution in [0.2, 0.25) is 0 Å². The summed E-state index contributed by atoms with van der Waals surface area (Å²) < 4.78 is 16.0. The molecule has 1 aromatic heterocycles. The van der Waals surface area contributed by atoms with Crippen LogP contribution in [-0.4, -0.2) is 55.0 Å². The van der Waals surface area contributed by atoms with Crippen molar-refractivity contribution in [1.29, 1.82) is 0 Å². The van der Waals surface area contributed by atoms with Gasteiger partial charge >= 0.3 is 0 Å². The molecular weight excluding hydrogens is 272 g/mol. The maximum absolute atomic E-state index is 6.05. The summed E-state index contributed by atoms with van der Waals surface area (Å²) in [7, 11) is 1.68. The van der Waals surface area contributed by atoms with Gasteiger partial charge in [0.1, 0.15) is 6.10 Å². The summed E-state index contributed by atoms with van der Waals surface area (Å²) in [5, 5.41) is 4.03. The Hall–Kier alpha value is -1.02. The van der Waals surface area contributed by atoms with Gasteiger partial charge < -0.3 is 19.7 Å². The van der Waals surface area contributed by atoms with Crippen LogP contribution in [0, 0.1) is 0 Å². The molecule has 0 aliphatic carbocycles. The highest BCUT2D eigenvalue weighted by Gasteiger charge is 2.26. The second-order valence-electron chi connectivity index (χ2n) is 5.39. The molecule has 0 spiro atoms. The minimum atomic E-state index is -0.239. The third-order valence-electron chi connectivity index (χ3n) is 3.62. The molecule has 2 atom stereocenters. The predicted octanol–water partition coefficient (Wildman–Crippen LogP) is 1.28. The second kappa shape index (κ2) is 8.43. The Balaban J connectivity index is 1.89. The number of ether oxygens (including phenoxy) is 2. The fourth-order valence-corrected chi connectivity index (χ4v) is 2.48. The van der Waals surface area contributed by atoms with E-state index in [1.165, 1.54) is 0 Å². The summed E-state index contributed by atoms with van der Waals surface area (Å²) in [4.78, 5) is 6.78. The van der Waals surface area contributed by atoms with Gasteiger partial charge in [0.2, 0.25) is 11.7 Å². The van der Waals surface area contributed by atoms with Crippen LogP contribution < -0.4 is 5.73 Å². The third-order valence-corrected chi connectivity index (χ3v) is 3.62. The van der Waals surface area contributed by atoms with Gasteiger partial charge in [-0.2, -0.15) is 4.98 Å². The van der Waals surface area contributed by atoms with Gasteiger partial charge in [0.15, 0.2) is 0 Å². The largest absolute Gasteiger partial charge is 0.385 e.